The van der Waals surface area contributed by atoms with Gasteiger partial charge in [-0.25, -0.2) is 9.78 Å². The van der Waals surface area contributed by atoms with Gasteiger partial charge in [-0.05, 0) is 39.3 Å². The van der Waals surface area contributed by atoms with Gasteiger partial charge in [0.05, 0.1) is 35.7 Å². The lowest BCUT2D eigenvalue weighted by atomic mass is 10.1. The summed E-state index contributed by atoms with van der Waals surface area (Å²) in [6, 6.07) is 1.67. The number of aryl methyl sites for hydroxylation is 4. The first-order valence-corrected chi connectivity index (χ1v) is 7.44. The second kappa shape index (κ2) is 5.49. The first kappa shape index (κ1) is 15.2. The molecule has 3 heterocycles. The molecule has 0 saturated carbocycles. The summed E-state index contributed by atoms with van der Waals surface area (Å²) in [5.74, 6) is 0.561. The highest BCUT2D eigenvalue weighted by molar-refractivity contribution is 5.91. The van der Waals surface area contributed by atoms with E-state index in [-0.39, 0.29) is 18.1 Å². The third-order valence-corrected chi connectivity index (χ3v) is 3.95. The average Bonchev–Trinajstić information content (AvgIpc) is 2.86. The molecule has 0 atom stereocenters. The van der Waals surface area contributed by atoms with Gasteiger partial charge in [-0.2, -0.15) is 0 Å². The minimum absolute atomic E-state index is 0.174. The lowest BCUT2D eigenvalue weighted by Crippen LogP contribution is -2.31. The molecule has 0 aromatic carbocycles. The van der Waals surface area contributed by atoms with E-state index < -0.39 is 0 Å². The Labute approximate surface area is 133 Å². The molecule has 1 aliphatic heterocycles. The summed E-state index contributed by atoms with van der Waals surface area (Å²) in [7, 11) is 0. The van der Waals surface area contributed by atoms with Crippen LogP contribution < -0.4 is 10.9 Å². The van der Waals surface area contributed by atoms with Crippen LogP contribution in [0.1, 0.15) is 34.0 Å². The third kappa shape index (κ3) is 2.81. The van der Waals surface area contributed by atoms with Gasteiger partial charge < -0.3 is 15.2 Å². The molecule has 0 saturated heterocycles. The maximum absolute atomic E-state index is 12.5. The zero-order valence-electron chi connectivity index (χ0n) is 13.6. The zero-order valence-corrected chi connectivity index (χ0v) is 13.6. The van der Waals surface area contributed by atoms with Gasteiger partial charge in [0.15, 0.2) is 0 Å². The molecule has 2 N–H and O–H groups in total. The Morgan fingerprint density at radius 1 is 1.22 bits per heavy atom. The summed E-state index contributed by atoms with van der Waals surface area (Å²) in [4.78, 5) is 37.4. The van der Waals surface area contributed by atoms with Crippen molar-refractivity contribution in [1.29, 1.82) is 0 Å². The van der Waals surface area contributed by atoms with Gasteiger partial charge in [0.2, 0.25) is 0 Å². The molecule has 7 heteroatoms. The molecule has 120 valence electrons. The SMILES string of the molecule is Cc1cc(C)c(NC(=O)N2Cc3nc(C)[nH]c(=O)c3C2)c(C)n1. The fourth-order valence-electron chi connectivity index (χ4n) is 2.93. The number of aromatic amines is 1. The number of amides is 2. The zero-order chi connectivity index (χ0) is 16.7. The maximum atomic E-state index is 12.5. The van der Waals surface area contributed by atoms with E-state index in [1.165, 1.54) is 0 Å². The summed E-state index contributed by atoms with van der Waals surface area (Å²) >= 11 is 0. The van der Waals surface area contributed by atoms with E-state index >= 15 is 0 Å². The average molecular weight is 313 g/mol. The largest absolute Gasteiger partial charge is 0.322 e. The molecule has 2 amide bonds. The van der Waals surface area contributed by atoms with Crippen molar-refractivity contribution < 1.29 is 4.79 Å². The number of urea groups is 1. The minimum Gasteiger partial charge on any atom is -0.314 e. The molecule has 2 aromatic rings. The van der Waals surface area contributed by atoms with Crippen molar-refractivity contribution in [2.24, 2.45) is 0 Å². The summed E-state index contributed by atoms with van der Waals surface area (Å²) < 4.78 is 0. The maximum Gasteiger partial charge on any atom is 0.322 e. The minimum atomic E-state index is -0.253. The lowest BCUT2D eigenvalue weighted by molar-refractivity contribution is 0.212. The van der Waals surface area contributed by atoms with E-state index in [9.17, 15) is 9.59 Å². The summed E-state index contributed by atoms with van der Waals surface area (Å²) in [6.45, 7) is 8.05. The number of nitrogens with zero attached hydrogens (tertiary/aromatic N) is 3. The Kier molecular flexibility index (Phi) is 3.63. The molecule has 3 rings (SSSR count). The van der Waals surface area contributed by atoms with Crippen molar-refractivity contribution in [1.82, 2.24) is 19.9 Å². The monoisotopic (exact) mass is 313 g/mol. The fraction of sp³-hybridized carbons (Fsp3) is 0.375. The van der Waals surface area contributed by atoms with Crippen LogP contribution in [0.5, 0.6) is 0 Å². The van der Waals surface area contributed by atoms with Gasteiger partial charge in [-0.15, -0.1) is 0 Å². The second-order valence-corrected chi connectivity index (χ2v) is 5.90. The smallest absolute Gasteiger partial charge is 0.314 e. The van der Waals surface area contributed by atoms with Gasteiger partial charge >= 0.3 is 6.03 Å². The first-order chi connectivity index (χ1) is 10.8. The van der Waals surface area contributed by atoms with E-state index in [0.29, 0.717) is 23.6 Å². The standard InChI is InChI=1S/C16H19N5O2/c1-8-5-9(2)17-10(3)14(8)20-16(23)21-6-12-13(7-21)18-11(4)19-15(12)22/h5H,6-7H2,1-4H3,(H,20,23)(H,18,19,22). The van der Waals surface area contributed by atoms with Gasteiger partial charge in [0.25, 0.3) is 5.56 Å². The number of fused-ring (bicyclic) bond motifs is 1. The van der Waals surface area contributed by atoms with Gasteiger partial charge in [-0.3, -0.25) is 9.78 Å². The molecule has 0 unspecified atom stereocenters. The number of hydrogen-bond donors (Lipinski definition) is 2. The van der Waals surface area contributed by atoms with E-state index in [0.717, 1.165) is 22.6 Å². The first-order valence-electron chi connectivity index (χ1n) is 7.44. The molecule has 23 heavy (non-hydrogen) atoms. The number of hydrogen-bond acceptors (Lipinski definition) is 4. The summed E-state index contributed by atoms with van der Waals surface area (Å²) in [5, 5.41) is 2.90. The van der Waals surface area contributed by atoms with E-state index in [1.807, 2.05) is 26.8 Å². The Morgan fingerprint density at radius 3 is 2.65 bits per heavy atom. The predicted octanol–water partition coefficient (Wildman–Crippen LogP) is 1.95. The molecule has 0 fully saturated rings. The van der Waals surface area contributed by atoms with Crippen LogP contribution >= 0.6 is 0 Å². The number of carbonyl (C=O) groups excluding carboxylic acids is 1. The third-order valence-electron chi connectivity index (χ3n) is 3.95. The Hall–Kier alpha value is -2.70. The number of carbonyl (C=O) groups is 1. The van der Waals surface area contributed by atoms with Crippen molar-refractivity contribution in [3.8, 4) is 0 Å². The highest BCUT2D eigenvalue weighted by Gasteiger charge is 2.27. The lowest BCUT2D eigenvalue weighted by Gasteiger charge is -2.18. The molecule has 0 spiro atoms. The topological polar surface area (TPSA) is 91.0 Å². The van der Waals surface area contributed by atoms with Gasteiger partial charge in [-0.1, -0.05) is 0 Å². The van der Waals surface area contributed by atoms with Crippen LogP contribution in [0.3, 0.4) is 0 Å². The number of rotatable bonds is 1. The Morgan fingerprint density at radius 2 is 1.96 bits per heavy atom. The summed E-state index contributed by atoms with van der Waals surface area (Å²) in [5.41, 5.74) is 4.42. The molecular formula is C16H19N5O2. The molecule has 0 bridgehead atoms. The van der Waals surface area contributed by atoms with Crippen LogP contribution in [-0.2, 0) is 13.1 Å². The number of H-pyrrole nitrogens is 1. The van der Waals surface area contributed by atoms with Crippen LogP contribution in [0, 0.1) is 27.7 Å². The van der Waals surface area contributed by atoms with Gasteiger partial charge in [0.1, 0.15) is 5.82 Å². The van der Waals surface area contributed by atoms with Crippen molar-refractivity contribution in [3.05, 3.63) is 50.5 Å². The number of pyridine rings is 1. The van der Waals surface area contributed by atoms with Crippen molar-refractivity contribution in [3.63, 3.8) is 0 Å². The van der Waals surface area contributed by atoms with Crippen LogP contribution in [0.2, 0.25) is 0 Å². The van der Waals surface area contributed by atoms with Crippen molar-refractivity contribution in [2.75, 3.05) is 5.32 Å². The highest BCUT2D eigenvalue weighted by Crippen LogP contribution is 2.22. The Bertz CT molecular complexity index is 833. The van der Waals surface area contributed by atoms with Gasteiger partial charge in [0, 0.05) is 5.69 Å². The summed E-state index contributed by atoms with van der Waals surface area (Å²) in [6.07, 6.45) is 0. The normalized spacial score (nSPS) is 13.1. The van der Waals surface area contributed by atoms with Crippen LogP contribution in [0.15, 0.2) is 10.9 Å². The highest BCUT2D eigenvalue weighted by atomic mass is 16.2. The predicted molar refractivity (Wildman–Crippen MR) is 86.3 cm³/mol. The van der Waals surface area contributed by atoms with E-state index in [2.05, 4.69) is 20.3 Å². The molecule has 0 radical (unpaired) electrons. The van der Waals surface area contributed by atoms with Crippen molar-refractivity contribution in [2.45, 2.75) is 40.8 Å². The van der Waals surface area contributed by atoms with Crippen molar-refractivity contribution >= 4 is 11.7 Å². The molecule has 1 aliphatic rings. The van der Waals surface area contributed by atoms with E-state index in [4.69, 9.17) is 0 Å². The van der Waals surface area contributed by atoms with E-state index in [1.54, 1.807) is 11.8 Å². The number of anilines is 1. The van der Waals surface area contributed by atoms with Crippen LogP contribution in [0.25, 0.3) is 0 Å². The number of nitrogens with one attached hydrogen (secondary N) is 2. The molecular weight excluding hydrogens is 294 g/mol. The fourth-order valence-corrected chi connectivity index (χ4v) is 2.93. The number of aromatic nitrogens is 3. The molecule has 7 nitrogen and oxygen atoms in total. The van der Waals surface area contributed by atoms with Crippen LogP contribution in [-0.4, -0.2) is 25.9 Å². The second-order valence-electron chi connectivity index (χ2n) is 5.90. The molecule has 2 aromatic heterocycles. The van der Waals surface area contributed by atoms with Crippen LogP contribution in [0.4, 0.5) is 10.5 Å². The molecule has 0 aliphatic carbocycles. The Balaban J connectivity index is 1.82. The quantitative estimate of drug-likeness (QED) is 0.842.